The first-order valence-electron chi connectivity index (χ1n) is 9.23. The summed E-state index contributed by atoms with van der Waals surface area (Å²) in [5.74, 6) is -0.957. The number of alkyl halides is 3. The first-order chi connectivity index (χ1) is 15.2. The van der Waals surface area contributed by atoms with Crippen molar-refractivity contribution in [2.24, 2.45) is 0 Å². The van der Waals surface area contributed by atoms with Gasteiger partial charge in [0, 0.05) is 11.6 Å². The quantitative estimate of drug-likeness (QED) is 0.295. The molecule has 0 aliphatic heterocycles. The number of hydrogen-bond donors (Lipinski definition) is 0. The van der Waals surface area contributed by atoms with Crippen molar-refractivity contribution in [2.75, 3.05) is 0 Å². The van der Waals surface area contributed by atoms with E-state index in [1.54, 1.807) is 12.1 Å². The zero-order valence-corrected chi connectivity index (χ0v) is 17.6. The molecular weight excluding hydrogens is 464 g/mol. The molecule has 162 valence electrons. The first-order valence-corrected chi connectivity index (χ1v) is 9.98. The van der Waals surface area contributed by atoms with Crippen LogP contribution in [0.3, 0.4) is 0 Å². The molecule has 0 atom stereocenters. The average molecular weight is 477 g/mol. The van der Waals surface area contributed by atoms with E-state index in [1.165, 1.54) is 22.9 Å². The van der Waals surface area contributed by atoms with Crippen LogP contribution in [0.5, 0.6) is 5.88 Å². The standard InChI is InChI=1S/C23H13Cl2F3N2O2/c24-18-10-9-17(12-19(18)25)30-21(13-20(29-30)14-5-2-1-3-6-14)32-22(31)15-7-4-8-16(11-15)23(26,27)28/h1-13H. The number of halogens is 5. The smallest absolute Gasteiger partial charge is 0.404 e. The normalized spacial score (nSPS) is 11.4. The van der Waals surface area contributed by atoms with Crippen LogP contribution >= 0.6 is 23.2 Å². The van der Waals surface area contributed by atoms with E-state index in [0.717, 1.165) is 23.8 Å². The Morgan fingerprint density at radius 2 is 1.62 bits per heavy atom. The molecule has 0 bridgehead atoms. The minimum Gasteiger partial charge on any atom is -0.404 e. The number of carbonyl (C=O) groups excluding carboxylic acids is 1. The molecule has 4 aromatic rings. The molecule has 0 spiro atoms. The Balaban J connectivity index is 1.75. The molecule has 32 heavy (non-hydrogen) atoms. The summed E-state index contributed by atoms with van der Waals surface area (Å²) in [4.78, 5) is 12.7. The van der Waals surface area contributed by atoms with Gasteiger partial charge in [0.1, 0.15) is 0 Å². The number of ether oxygens (including phenoxy) is 1. The molecular formula is C23H13Cl2F3N2O2. The zero-order valence-electron chi connectivity index (χ0n) is 16.1. The Kier molecular flexibility index (Phi) is 5.95. The van der Waals surface area contributed by atoms with Crippen molar-refractivity contribution < 1.29 is 22.7 Å². The molecule has 9 heteroatoms. The van der Waals surface area contributed by atoms with E-state index in [-0.39, 0.29) is 16.5 Å². The highest BCUT2D eigenvalue weighted by Gasteiger charge is 2.31. The highest BCUT2D eigenvalue weighted by molar-refractivity contribution is 6.42. The summed E-state index contributed by atoms with van der Waals surface area (Å²) in [6.07, 6.45) is -4.58. The SMILES string of the molecule is O=C(Oc1cc(-c2ccccc2)nn1-c1ccc(Cl)c(Cl)c1)c1cccc(C(F)(F)F)c1. The summed E-state index contributed by atoms with van der Waals surface area (Å²) in [5.41, 5.74) is 0.498. The fraction of sp³-hybridized carbons (Fsp3) is 0.0435. The third-order valence-corrected chi connectivity index (χ3v) is 5.26. The van der Waals surface area contributed by atoms with Crippen LogP contribution in [-0.4, -0.2) is 15.7 Å². The van der Waals surface area contributed by atoms with Gasteiger partial charge in [0.2, 0.25) is 5.88 Å². The topological polar surface area (TPSA) is 44.1 Å². The fourth-order valence-electron chi connectivity index (χ4n) is 2.96. The van der Waals surface area contributed by atoms with E-state index in [9.17, 15) is 18.0 Å². The van der Waals surface area contributed by atoms with Gasteiger partial charge in [-0.1, -0.05) is 59.6 Å². The van der Waals surface area contributed by atoms with Gasteiger partial charge in [-0.25, -0.2) is 4.79 Å². The Morgan fingerprint density at radius 1 is 0.875 bits per heavy atom. The van der Waals surface area contributed by atoms with Gasteiger partial charge in [0.25, 0.3) is 0 Å². The molecule has 0 aliphatic rings. The van der Waals surface area contributed by atoms with Crippen LogP contribution in [0.25, 0.3) is 16.9 Å². The maximum atomic E-state index is 13.0. The fourth-order valence-corrected chi connectivity index (χ4v) is 3.26. The van der Waals surface area contributed by atoms with Crippen molar-refractivity contribution >= 4 is 29.2 Å². The highest BCUT2D eigenvalue weighted by atomic mass is 35.5. The highest BCUT2D eigenvalue weighted by Crippen LogP contribution is 2.32. The molecule has 0 amide bonds. The van der Waals surface area contributed by atoms with E-state index in [2.05, 4.69) is 5.10 Å². The number of nitrogens with zero attached hydrogens (tertiary/aromatic N) is 2. The molecule has 0 radical (unpaired) electrons. The van der Waals surface area contributed by atoms with Gasteiger partial charge < -0.3 is 4.74 Å². The largest absolute Gasteiger partial charge is 0.416 e. The van der Waals surface area contributed by atoms with Crippen molar-refractivity contribution in [3.63, 3.8) is 0 Å². The molecule has 1 aromatic heterocycles. The number of esters is 1. The second kappa shape index (κ2) is 8.68. The summed E-state index contributed by atoms with van der Waals surface area (Å²) < 4.78 is 45.8. The lowest BCUT2D eigenvalue weighted by Gasteiger charge is -2.10. The second-order valence-corrected chi connectivity index (χ2v) is 7.53. The second-order valence-electron chi connectivity index (χ2n) is 6.71. The van der Waals surface area contributed by atoms with Gasteiger partial charge in [-0.15, -0.1) is 0 Å². The van der Waals surface area contributed by atoms with Crippen LogP contribution in [0.1, 0.15) is 15.9 Å². The molecule has 0 N–H and O–H groups in total. The predicted molar refractivity (Wildman–Crippen MR) is 115 cm³/mol. The van der Waals surface area contributed by atoms with Crippen molar-refractivity contribution in [3.8, 4) is 22.8 Å². The van der Waals surface area contributed by atoms with Gasteiger partial charge >= 0.3 is 12.1 Å². The number of aromatic nitrogens is 2. The van der Waals surface area contributed by atoms with Crippen LogP contribution in [0.15, 0.2) is 78.9 Å². The van der Waals surface area contributed by atoms with Gasteiger partial charge in [0.15, 0.2) is 0 Å². The molecule has 0 aliphatic carbocycles. The number of benzene rings is 3. The molecule has 0 unspecified atom stereocenters. The van der Waals surface area contributed by atoms with Crippen LogP contribution in [0, 0.1) is 0 Å². The van der Waals surface area contributed by atoms with Gasteiger partial charge in [-0.3, -0.25) is 0 Å². The minimum atomic E-state index is -4.58. The number of rotatable bonds is 4. The van der Waals surface area contributed by atoms with Crippen molar-refractivity contribution in [2.45, 2.75) is 6.18 Å². The molecule has 3 aromatic carbocycles. The molecule has 0 saturated carbocycles. The third kappa shape index (κ3) is 4.64. The van der Waals surface area contributed by atoms with Gasteiger partial charge in [-0.05, 0) is 36.4 Å². The minimum absolute atomic E-state index is 0.00431. The lowest BCUT2D eigenvalue weighted by Crippen LogP contribution is -2.13. The van der Waals surface area contributed by atoms with E-state index in [4.69, 9.17) is 27.9 Å². The van der Waals surface area contributed by atoms with Gasteiger partial charge in [0.05, 0.1) is 32.6 Å². The van der Waals surface area contributed by atoms with E-state index < -0.39 is 17.7 Å². The lowest BCUT2D eigenvalue weighted by atomic mass is 10.1. The lowest BCUT2D eigenvalue weighted by molar-refractivity contribution is -0.137. The predicted octanol–water partition coefficient (Wildman–Crippen LogP) is 7.08. The van der Waals surface area contributed by atoms with Gasteiger partial charge in [-0.2, -0.15) is 23.0 Å². The maximum Gasteiger partial charge on any atom is 0.416 e. The third-order valence-electron chi connectivity index (χ3n) is 4.52. The van der Waals surface area contributed by atoms with Crippen molar-refractivity contribution in [1.29, 1.82) is 0 Å². The Labute approximate surface area is 190 Å². The first kappa shape index (κ1) is 21.9. The van der Waals surface area contributed by atoms with Crippen LogP contribution in [0.4, 0.5) is 13.2 Å². The number of carbonyl (C=O) groups is 1. The Bertz CT molecular complexity index is 1290. The molecule has 0 fully saturated rings. The summed E-state index contributed by atoms with van der Waals surface area (Å²) >= 11 is 12.1. The molecule has 0 saturated heterocycles. The monoisotopic (exact) mass is 476 g/mol. The van der Waals surface area contributed by atoms with Crippen LogP contribution in [0.2, 0.25) is 10.0 Å². The van der Waals surface area contributed by atoms with E-state index >= 15 is 0 Å². The summed E-state index contributed by atoms with van der Waals surface area (Å²) in [5, 5.41) is 5.07. The Morgan fingerprint density at radius 3 is 2.31 bits per heavy atom. The molecule has 4 nitrogen and oxygen atoms in total. The maximum absolute atomic E-state index is 13.0. The molecule has 4 rings (SSSR count). The summed E-state index contributed by atoms with van der Waals surface area (Å²) in [7, 11) is 0. The molecule has 1 heterocycles. The average Bonchev–Trinajstić information content (AvgIpc) is 3.19. The van der Waals surface area contributed by atoms with Crippen molar-refractivity contribution in [3.05, 3.63) is 100 Å². The van der Waals surface area contributed by atoms with E-state index in [1.807, 2.05) is 30.3 Å². The van der Waals surface area contributed by atoms with E-state index in [0.29, 0.717) is 16.4 Å². The van der Waals surface area contributed by atoms with Crippen LogP contribution < -0.4 is 4.74 Å². The number of hydrogen-bond acceptors (Lipinski definition) is 3. The zero-order chi connectivity index (χ0) is 22.9. The summed E-state index contributed by atoms with van der Waals surface area (Å²) in [6.45, 7) is 0. The van der Waals surface area contributed by atoms with Crippen molar-refractivity contribution in [1.82, 2.24) is 9.78 Å². The Hall–Kier alpha value is -3.29. The summed E-state index contributed by atoms with van der Waals surface area (Å²) in [6, 6.07) is 19.4. The van der Waals surface area contributed by atoms with Crippen LogP contribution in [-0.2, 0) is 6.18 Å².